The maximum atomic E-state index is 13.0. The van der Waals surface area contributed by atoms with Gasteiger partial charge in [-0.15, -0.1) is 0 Å². The predicted octanol–water partition coefficient (Wildman–Crippen LogP) is 3.28. The van der Waals surface area contributed by atoms with Crippen molar-refractivity contribution < 1.29 is 17.6 Å². The van der Waals surface area contributed by atoms with Crippen LogP contribution < -0.4 is 9.62 Å². The number of carbonyl (C=O) groups is 1. The first-order chi connectivity index (χ1) is 13.8. The molecule has 0 aliphatic carbocycles. The third kappa shape index (κ3) is 4.78. The highest BCUT2D eigenvalue weighted by Crippen LogP contribution is 2.22. The van der Waals surface area contributed by atoms with Crippen LogP contribution in [0.5, 0.6) is 0 Å². The quantitative estimate of drug-likeness (QED) is 0.673. The largest absolute Gasteiger partial charge is 0.348 e. The van der Waals surface area contributed by atoms with Crippen LogP contribution in [0.4, 0.5) is 10.1 Å². The van der Waals surface area contributed by atoms with Crippen LogP contribution in [-0.2, 0) is 16.6 Å². The minimum atomic E-state index is -3.78. The Labute approximate surface area is 169 Å². The summed E-state index contributed by atoms with van der Waals surface area (Å²) in [5.74, 6) is -0.764. The standard InChI is InChI=1S/C21H20FN3O3S/c1-15-3-9-20(10-4-15)29(27,28)25(2)19-11-17(13-23-14-19)21(26)24-12-16-5-7-18(22)8-6-16/h3-11,13-14H,12H2,1-2H3,(H,24,26). The van der Waals surface area contributed by atoms with Gasteiger partial charge in [0.25, 0.3) is 15.9 Å². The molecule has 3 rings (SSSR count). The van der Waals surface area contributed by atoms with Gasteiger partial charge < -0.3 is 5.32 Å². The van der Waals surface area contributed by atoms with Gasteiger partial charge in [-0.1, -0.05) is 29.8 Å². The number of amides is 1. The fourth-order valence-electron chi connectivity index (χ4n) is 2.62. The van der Waals surface area contributed by atoms with E-state index in [4.69, 9.17) is 0 Å². The molecule has 6 nitrogen and oxygen atoms in total. The second-order valence-electron chi connectivity index (χ2n) is 6.53. The SMILES string of the molecule is Cc1ccc(S(=O)(=O)N(C)c2cncc(C(=O)NCc3ccc(F)cc3)c2)cc1. The van der Waals surface area contributed by atoms with Crippen LogP contribution in [0, 0.1) is 12.7 Å². The van der Waals surface area contributed by atoms with Gasteiger partial charge in [0.1, 0.15) is 5.82 Å². The molecule has 0 atom stereocenters. The van der Waals surface area contributed by atoms with E-state index in [1.165, 1.54) is 49.8 Å². The van der Waals surface area contributed by atoms with Crippen LogP contribution in [0.1, 0.15) is 21.5 Å². The third-order valence-electron chi connectivity index (χ3n) is 4.40. The van der Waals surface area contributed by atoms with Gasteiger partial charge in [-0.3, -0.25) is 14.1 Å². The van der Waals surface area contributed by atoms with Gasteiger partial charge in [0.15, 0.2) is 0 Å². The third-order valence-corrected chi connectivity index (χ3v) is 6.20. The summed E-state index contributed by atoms with van der Waals surface area (Å²) in [6.45, 7) is 2.08. The number of sulfonamides is 1. The van der Waals surface area contributed by atoms with Gasteiger partial charge in [0, 0.05) is 19.8 Å². The number of aryl methyl sites for hydroxylation is 1. The Balaban J connectivity index is 1.76. The van der Waals surface area contributed by atoms with E-state index in [0.29, 0.717) is 0 Å². The molecule has 0 saturated heterocycles. The summed E-state index contributed by atoms with van der Waals surface area (Å²) in [5.41, 5.74) is 2.17. The first kappa shape index (κ1) is 20.5. The average molecular weight is 413 g/mol. The summed E-state index contributed by atoms with van der Waals surface area (Å²) >= 11 is 0. The van der Waals surface area contributed by atoms with Gasteiger partial charge in [-0.25, -0.2) is 12.8 Å². The van der Waals surface area contributed by atoms with Crippen molar-refractivity contribution in [1.82, 2.24) is 10.3 Å². The molecule has 0 spiro atoms. The molecule has 1 heterocycles. The summed E-state index contributed by atoms with van der Waals surface area (Å²) in [4.78, 5) is 16.6. The van der Waals surface area contributed by atoms with Gasteiger partial charge in [0.2, 0.25) is 0 Å². The maximum Gasteiger partial charge on any atom is 0.264 e. The van der Waals surface area contributed by atoms with Crippen LogP contribution in [0.2, 0.25) is 0 Å². The molecule has 1 aromatic heterocycles. The number of benzene rings is 2. The van der Waals surface area contributed by atoms with E-state index in [1.807, 2.05) is 6.92 Å². The Kier molecular flexibility index (Phi) is 5.93. The second-order valence-corrected chi connectivity index (χ2v) is 8.50. The fraction of sp³-hybridized carbons (Fsp3) is 0.143. The molecule has 0 unspecified atom stereocenters. The normalized spacial score (nSPS) is 11.1. The minimum Gasteiger partial charge on any atom is -0.348 e. The Morgan fingerprint density at radius 3 is 2.38 bits per heavy atom. The lowest BCUT2D eigenvalue weighted by atomic mass is 10.2. The van der Waals surface area contributed by atoms with Crippen LogP contribution >= 0.6 is 0 Å². The highest BCUT2D eigenvalue weighted by atomic mass is 32.2. The van der Waals surface area contributed by atoms with Crippen LogP contribution in [0.25, 0.3) is 0 Å². The van der Waals surface area contributed by atoms with Crippen molar-refractivity contribution >= 4 is 21.6 Å². The lowest BCUT2D eigenvalue weighted by Crippen LogP contribution is -2.28. The highest BCUT2D eigenvalue weighted by Gasteiger charge is 2.22. The number of hydrogen-bond donors (Lipinski definition) is 1. The molecule has 1 amide bonds. The van der Waals surface area contributed by atoms with Gasteiger partial charge in [0.05, 0.1) is 22.3 Å². The molecule has 0 bridgehead atoms. The number of aromatic nitrogens is 1. The molecule has 0 fully saturated rings. The van der Waals surface area contributed by atoms with E-state index < -0.39 is 15.9 Å². The molecule has 0 aliphatic rings. The predicted molar refractivity (Wildman–Crippen MR) is 109 cm³/mol. The molecular formula is C21H20FN3O3S. The van der Waals surface area contributed by atoms with Gasteiger partial charge >= 0.3 is 0 Å². The van der Waals surface area contributed by atoms with E-state index in [1.54, 1.807) is 24.3 Å². The van der Waals surface area contributed by atoms with E-state index >= 15 is 0 Å². The lowest BCUT2D eigenvalue weighted by Gasteiger charge is -2.19. The van der Waals surface area contributed by atoms with Gasteiger partial charge in [-0.2, -0.15) is 0 Å². The van der Waals surface area contributed by atoms with Crippen molar-refractivity contribution in [2.75, 3.05) is 11.4 Å². The molecular weight excluding hydrogens is 393 g/mol. The van der Waals surface area contributed by atoms with Crippen molar-refractivity contribution in [3.05, 3.63) is 89.5 Å². The zero-order valence-corrected chi connectivity index (χ0v) is 16.8. The number of anilines is 1. The summed E-state index contributed by atoms with van der Waals surface area (Å²) in [6.07, 6.45) is 2.73. The smallest absolute Gasteiger partial charge is 0.264 e. The van der Waals surface area contributed by atoms with Crippen molar-refractivity contribution in [2.24, 2.45) is 0 Å². The Morgan fingerprint density at radius 2 is 1.72 bits per heavy atom. The van der Waals surface area contributed by atoms with Crippen molar-refractivity contribution in [3.8, 4) is 0 Å². The van der Waals surface area contributed by atoms with Crippen LogP contribution in [0.15, 0.2) is 71.9 Å². The van der Waals surface area contributed by atoms with Crippen molar-refractivity contribution in [3.63, 3.8) is 0 Å². The molecule has 29 heavy (non-hydrogen) atoms. The fourth-order valence-corrected chi connectivity index (χ4v) is 3.79. The maximum absolute atomic E-state index is 13.0. The molecule has 1 N–H and O–H groups in total. The first-order valence-corrected chi connectivity index (χ1v) is 10.2. The summed E-state index contributed by atoms with van der Waals surface area (Å²) in [7, 11) is -2.38. The van der Waals surface area contributed by atoms with E-state index in [9.17, 15) is 17.6 Å². The van der Waals surface area contributed by atoms with E-state index in [0.717, 1.165) is 15.4 Å². The highest BCUT2D eigenvalue weighted by molar-refractivity contribution is 7.92. The number of nitrogens with zero attached hydrogens (tertiary/aromatic N) is 2. The summed E-state index contributed by atoms with van der Waals surface area (Å²) in [5, 5.41) is 2.71. The monoisotopic (exact) mass is 413 g/mol. The number of nitrogens with one attached hydrogen (secondary N) is 1. The number of pyridine rings is 1. The van der Waals surface area contributed by atoms with Crippen molar-refractivity contribution in [2.45, 2.75) is 18.4 Å². The molecule has 0 saturated carbocycles. The molecule has 2 aromatic carbocycles. The van der Waals surface area contributed by atoms with E-state index in [2.05, 4.69) is 10.3 Å². The lowest BCUT2D eigenvalue weighted by molar-refractivity contribution is 0.0950. The molecule has 8 heteroatoms. The summed E-state index contributed by atoms with van der Waals surface area (Å²) in [6, 6.07) is 13.7. The number of hydrogen-bond acceptors (Lipinski definition) is 4. The molecule has 150 valence electrons. The molecule has 3 aromatic rings. The Morgan fingerprint density at radius 1 is 1.07 bits per heavy atom. The van der Waals surface area contributed by atoms with Crippen LogP contribution in [-0.4, -0.2) is 26.4 Å². The number of carbonyl (C=O) groups excluding carboxylic acids is 1. The first-order valence-electron chi connectivity index (χ1n) is 8.80. The second kappa shape index (κ2) is 8.40. The molecule has 0 aliphatic heterocycles. The average Bonchev–Trinajstić information content (AvgIpc) is 2.73. The topological polar surface area (TPSA) is 79.4 Å². The molecule has 0 radical (unpaired) electrons. The zero-order valence-electron chi connectivity index (χ0n) is 16.0. The van der Waals surface area contributed by atoms with Crippen LogP contribution in [0.3, 0.4) is 0 Å². The summed E-state index contributed by atoms with van der Waals surface area (Å²) < 4.78 is 39.7. The van der Waals surface area contributed by atoms with E-state index in [-0.39, 0.29) is 28.5 Å². The Bertz CT molecular complexity index is 1110. The van der Waals surface area contributed by atoms with Gasteiger partial charge in [-0.05, 0) is 42.8 Å². The zero-order chi connectivity index (χ0) is 21.0. The minimum absolute atomic E-state index is 0.150. The number of rotatable bonds is 6. The van der Waals surface area contributed by atoms with Crippen molar-refractivity contribution in [1.29, 1.82) is 0 Å². The number of halogens is 1. The Hall–Kier alpha value is -3.26.